The molecule has 4 rings (SSSR count). The van der Waals surface area contributed by atoms with Crippen LogP contribution in [-0.2, 0) is 9.53 Å². The van der Waals surface area contributed by atoms with E-state index in [2.05, 4.69) is 14.8 Å². The average molecular weight is 462 g/mol. The maximum Gasteiger partial charge on any atom is 0.346 e. The summed E-state index contributed by atoms with van der Waals surface area (Å²) < 4.78 is 11.5. The number of aromatic nitrogens is 2. The molecule has 0 fully saturated rings. The Morgan fingerprint density at radius 3 is 2.55 bits per heavy atom. The van der Waals surface area contributed by atoms with Crippen molar-refractivity contribution in [3.63, 3.8) is 0 Å². The summed E-state index contributed by atoms with van der Waals surface area (Å²) in [5, 5.41) is 5.18. The van der Waals surface area contributed by atoms with Gasteiger partial charge in [0.2, 0.25) is 0 Å². The first-order valence-electron chi connectivity index (χ1n) is 10.1. The van der Waals surface area contributed by atoms with E-state index in [4.69, 9.17) is 16.3 Å². The van der Waals surface area contributed by atoms with Crippen LogP contribution in [0.1, 0.15) is 12.5 Å². The van der Waals surface area contributed by atoms with Crippen molar-refractivity contribution in [3.05, 3.63) is 93.7 Å². The number of hydrogen-bond acceptors (Lipinski definition) is 6. The van der Waals surface area contributed by atoms with E-state index in [1.165, 1.54) is 18.0 Å². The Morgan fingerprint density at radius 1 is 1.09 bits per heavy atom. The predicted octanol–water partition coefficient (Wildman–Crippen LogP) is 4.54. The van der Waals surface area contributed by atoms with Gasteiger partial charge in [-0.25, -0.2) is 9.78 Å². The van der Waals surface area contributed by atoms with Crippen LogP contribution in [0.25, 0.3) is 22.3 Å². The number of carbonyl (C=O) groups excluding carboxylic acids is 1. The molecule has 0 N–H and O–H groups in total. The van der Waals surface area contributed by atoms with Crippen molar-refractivity contribution < 1.29 is 14.3 Å². The number of esters is 1. The van der Waals surface area contributed by atoms with Gasteiger partial charge in [0.05, 0.1) is 29.2 Å². The molecule has 0 spiro atoms. The van der Waals surface area contributed by atoms with E-state index in [-0.39, 0.29) is 5.56 Å². The first-order chi connectivity index (χ1) is 16.0. The Hall–Kier alpha value is -3.97. The van der Waals surface area contributed by atoms with Crippen LogP contribution in [0.5, 0.6) is 5.75 Å². The van der Waals surface area contributed by atoms with Crippen molar-refractivity contribution >= 4 is 34.7 Å². The third-order valence-electron chi connectivity index (χ3n) is 4.90. The van der Waals surface area contributed by atoms with E-state index in [0.29, 0.717) is 33.1 Å². The van der Waals surface area contributed by atoms with Crippen molar-refractivity contribution in [2.45, 2.75) is 13.0 Å². The predicted molar refractivity (Wildman–Crippen MR) is 128 cm³/mol. The van der Waals surface area contributed by atoms with Gasteiger partial charge in [0.1, 0.15) is 5.75 Å². The molecule has 1 aromatic heterocycles. The molecule has 0 saturated heterocycles. The quantitative estimate of drug-likeness (QED) is 0.311. The van der Waals surface area contributed by atoms with E-state index >= 15 is 0 Å². The van der Waals surface area contributed by atoms with Gasteiger partial charge < -0.3 is 9.47 Å². The molecule has 0 unspecified atom stereocenters. The van der Waals surface area contributed by atoms with E-state index < -0.39 is 12.1 Å². The summed E-state index contributed by atoms with van der Waals surface area (Å²) in [6, 6.07) is 21.5. The van der Waals surface area contributed by atoms with Crippen LogP contribution in [0.3, 0.4) is 0 Å². The summed E-state index contributed by atoms with van der Waals surface area (Å²) in [4.78, 5) is 29.4. The van der Waals surface area contributed by atoms with Gasteiger partial charge >= 0.3 is 5.97 Å². The zero-order valence-electron chi connectivity index (χ0n) is 17.9. The highest BCUT2D eigenvalue weighted by atomic mass is 35.5. The second-order valence-electron chi connectivity index (χ2n) is 7.15. The van der Waals surface area contributed by atoms with Crippen LogP contribution >= 0.6 is 11.6 Å². The van der Waals surface area contributed by atoms with Crippen LogP contribution in [0.2, 0.25) is 5.02 Å². The molecule has 8 heteroatoms. The zero-order valence-corrected chi connectivity index (χ0v) is 18.7. The van der Waals surface area contributed by atoms with Gasteiger partial charge in [-0.1, -0.05) is 54.1 Å². The minimum absolute atomic E-state index is 0.284. The molecule has 3 aromatic carbocycles. The van der Waals surface area contributed by atoms with Gasteiger partial charge in [-0.05, 0) is 42.8 Å². The van der Waals surface area contributed by atoms with Crippen molar-refractivity contribution in [2.24, 2.45) is 5.10 Å². The van der Waals surface area contributed by atoms with Crippen LogP contribution < -0.4 is 10.3 Å². The SMILES string of the molecule is COC(=O)[C@H](C)Oc1ccc(C=Nn2c(-c3ccccc3)nc3ccccc3c2=O)cc1Cl. The standard InChI is InChI=1S/C25H20ClN3O4/c1-16(25(31)32-2)33-22-13-12-17(14-20(22)26)15-27-29-23(18-8-4-3-5-9-18)28-21-11-7-6-10-19(21)24(29)30/h3-16H,1-2H3/t16-/m0/s1. The number of para-hydroxylation sites is 1. The third-order valence-corrected chi connectivity index (χ3v) is 5.20. The number of methoxy groups -OCH3 is 1. The molecule has 0 bridgehead atoms. The lowest BCUT2D eigenvalue weighted by Crippen LogP contribution is -2.25. The molecule has 0 amide bonds. The highest BCUT2D eigenvalue weighted by molar-refractivity contribution is 6.32. The number of halogens is 1. The van der Waals surface area contributed by atoms with Crippen LogP contribution in [0.4, 0.5) is 0 Å². The van der Waals surface area contributed by atoms with Gasteiger partial charge in [0.25, 0.3) is 5.56 Å². The fraction of sp³-hybridized carbons (Fsp3) is 0.120. The lowest BCUT2D eigenvalue weighted by Gasteiger charge is -2.13. The molecule has 0 radical (unpaired) electrons. The molecular weight excluding hydrogens is 442 g/mol. The minimum atomic E-state index is -0.803. The fourth-order valence-corrected chi connectivity index (χ4v) is 3.46. The first-order valence-corrected chi connectivity index (χ1v) is 10.5. The Balaban J connectivity index is 1.72. The van der Waals surface area contributed by atoms with E-state index in [1.807, 2.05) is 36.4 Å². The molecule has 0 aliphatic carbocycles. The summed E-state index contributed by atoms with van der Waals surface area (Å²) in [6.07, 6.45) is 0.714. The molecule has 4 aromatic rings. The molecule has 1 heterocycles. The lowest BCUT2D eigenvalue weighted by atomic mass is 10.2. The molecule has 33 heavy (non-hydrogen) atoms. The maximum atomic E-state index is 13.2. The average Bonchev–Trinajstić information content (AvgIpc) is 2.84. The molecule has 0 aliphatic heterocycles. The smallest absolute Gasteiger partial charge is 0.346 e. The number of carbonyl (C=O) groups is 1. The van der Waals surface area contributed by atoms with E-state index in [0.717, 1.165) is 5.56 Å². The van der Waals surface area contributed by atoms with E-state index in [9.17, 15) is 9.59 Å². The summed E-state index contributed by atoms with van der Waals surface area (Å²) in [5.74, 6) is 0.253. The molecule has 7 nitrogen and oxygen atoms in total. The summed E-state index contributed by atoms with van der Waals surface area (Å²) in [5.41, 5.74) is 1.71. The van der Waals surface area contributed by atoms with Crippen molar-refractivity contribution in [2.75, 3.05) is 7.11 Å². The van der Waals surface area contributed by atoms with Crippen LogP contribution in [-0.4, -0.2) is 35.1 Å². The number of fused-ring (bicyclic) bond motifs is 1. The Morgan fingerprint density at radius 2 is 1.82 bits per heavy atom. The summed E-state index contributed by atoms with van der Waals surface area (Å²) in [6.45, 7) is 1.57. The highest BCUT2D eigenvalue weighted by Crippen LogP contribution is 2.26. The summed E-state index contributed by atoms with van der Waals surface area (Å²) in [7, 11) is 1.29. The van der Waals surface area contributed by atoms with Gasteiger partial charge in [-0.2, -0.15) is 9.78 Å². The Bertz CT molecular complexity index is 1400. The van der Waals surface area contributed by atoms with Gasteiger partial charge in [-0.3, -0.25) is 4.79 Å². The summed E-state index contributed by atoms with van der Waals surface area (Å²) >= 11 is 6.32. The molecule has 0 aliphatic rings. The van der Waals surface area contributed by atoms with Crippen LogP contribution in [0, 0.1) is 0 Å². The minimum Gasteiger partial charge on any atom is -0.477 e. The second kappa shape index (κ2) is 9.67. The topological polar surface area (TPSA) is 82.8 Å². The van der Waals surface area contributed by atoms with Gasteiger partial charge in [0, 0.05) is 5.56 Å². The first kappa shape index (κ1) is 22.2. The largest absolute Gasteiger partial charge is 0.477 e. The number of nitrogens with zero attached hydrogens (tertiary/aromatic N) is 3. The Kier molecular flexibility index (Phi) is 6.51. The van der Waals surface area contributed by atoms with Gasteiger partial charge in [-0.15, -0.1) is 0 Å². The number of rotatable bonds is 6. The van der Waals surface area contributed by atoms with Crippen molar-refractivity contribution in [1.82, 2.24) is 9.66 Å². The Labute approximate surface area is 194 Å². The molecule has 1 atom stereocenters. The number of hydrogen-bond donors (Lipinski definition) is 0. The highest BCUT2D eigenvalue weighted by Gasteiger charge is 2.16. The monoisotopic (exact) mass is 461 g/mol. The van der Waals surface area contributed by atoms with Crippen molar-refractivity contribution in [3.8, 4) is 17.1 Å². The normalized spacial score (nSPS) is 12.1. The number of ether oxygens (including phenoxy) is 2. The third kappa shape index (κ3) is 4.78. The zero-order chi connectivity index (χ0) is 23.4. The molecular formula is C25H20ClN3O4. The fourth-order valence-electron chi connectivity index (χ4n) is 3.23. The molecule has 0 saturated carbocycles. The lowest BCUT2D eigenvalue weighted by molar-refractivity contribution is -0.147. The number of benzene rings is 3. The van der Waals surface area contributed by atoms with E-state index in [1.54, 1.807) is 43.3 Å². The van der Waals surface area contributed by atoms with Crippen molar-refractivity contribution in [1.29, 1.82) is 0 Å². The molecule has 166 valence electrons. The van der Waals surface area contributed by atoms with Gasteiger partial charge in [0.15, 0.2) is 11.9 Å². The maximum absolute atomic E-state index is 13.2. The second-order valence-corrected chi connectivity index (χ2v) is 7.56. The van der Waals surface area contributed by atoms with Crippen LogP contribution in [0.15, 0.2) is 82.7 Å².